The molecule has 0 saturated heterocycles. The predicted molar refractivity (Wildman–Crippen MR) is 64.3 cm³/mol. The average Bonchev–Trinajstić information content (AvgIpc) is 2.22. The Kier molecular flexibility index (Phi) is 3.90. The van der Waals surface area contributed by atoms with Gasteiger partial charge in [-0.05, 0) is 24.5 Å². The Morgan fingerprint density at radius 3 is 2.56 bits per heavy atom. The first-order valence-corrected chi connectivity index (χ1v) is 5.28. The van der Waals surface area contributed by atoms with Gasteiger partial charge in [0.25, 0.3) is 0 Å². The van der Waals surface area contributed by atoms with Crippen molar-refractivity contribution in [2.75, 3.05) is 5.32 Å². The third-order valence-corrected chi connectivity index (χ3v) is 2.50. The van der Waals surface area contributed by atoms with E-state index in [0.717, 1.165) is 5.56 Å². The molecule has 0 aromatic heterocycles. The van der Waals surface area contributed by atoms with Gasteiger partial charge in [0, 0.05) is 11.8 Å². The number of nitrogens with one attached hydrogen (secondary N) is 1. The van der Waals surface area contributed by atoms with Crippen molar-refractivity contribution in [2.45, 2.75) is 26.8 Å². The zero-order valence-corrected chi connectivity index (χ0v) is 9.82. The Hall–Kier alpha value is -1.55. The Bertz CT molecular complexity index is 389. The second-order valence-electron chi connectivity index (χ2n) is 4.26. The first-order valence-electron chi connectivity index (χ1n) is 5.28. The van der Waals surface area contributed by atoms with Gasteiger partial charge >= 0.3 is 0 Å². The van der Waals surface area contributed by atoms with Crippen LogP contribution in [-0.2, 0) is 4.79 Å². The van der Waals surface area contributed by atoms with Crippen LogP contribution in [0.4, 0.5) is 5.69 Å². The van der Waals surface area contributed by atoms with Crippen molar-refractivity contribution in [1.82, 2.24) is 0 Å². The summed E-state index contributed by atoms with van der Waals surface area (Å²) in [5.41, 5.74) is 7.03. The van der Waals surface area contributed by atoms with Crippen LogP contribution in [0.15, 0.2) is 18.2 Å². The number of phenols is 1. The van der Waals surface area contributed by atoms with E-state index in [9.17, 15) is 9.90 Å². The molecule has 4 N–H and O–H groups in total. The summed E-state index contributed by atoms with van der Waals surface area (Å²) in [5.74, 6) is 0.00761. The molecule has 1 aromatic rings. The summed E-state index contributed by atoms with van der Waals surface area (Å²) >= 11 is 0. The molecule has 0 spiro atoms. The molecule has 4 heteroatoms. The molecule has 0 fully saturated rings. The van der Waals surface area contributed by atoms with Crippen molar-refractivity contribution in [1.29, 1.82) is 0 Å². The van der Waals surface area contributed by atoms with Gasteiger partial charge in [-0.3, -0.25) is 4.79 Å². The lowest BCUT2D eigenvalue weighted by atomic mass is 10.0. The molecular formula is C12H18N2O2. The summed E-state index contributed by atoms with van der Waals surface area (Å²) in [5, 5.41) is 12.1. The summed E-state index contributed by atoms with van der Waals surface area (Å²) in [6.07, 6.45) is 0. The van der Waals surface area contributed by atoms with Crippen LogP contribution >= 0.6 is 0 Å². The highest BCUT2D eigenvalue weighted by Crippen LogP contribution is 2.21. The highest BCUT2D eigenvalue weighted by Gasteiger charge is 2.17. The second kappa shape index (κ2) is 4.99. The molecule has 0 bridgehead atoms. The monoisotopic (exact) mass is 222 g/mol. The Labute approximate surface area is 95.5 Å². The van der Waals surface area contributed by atoms with Crippen LogP contribution in [-0.4, -0.2) is 17.1 Å². The zero-order chi connectivity index (χ0) is 12.3. The van der Waals surface area contributed by atoms with Crippen LogP contribution < -0.4 is 11.1 Å². The zero-order valence-electron chi connectivity index (χ0n) is 9.82. The molecule has 88 valence electrons. The number of carbonyl (C=O) groups excluding carboxylic acids is 1. The van der Waals surface area contributed by atoms with Crippen LogP contribution in [0, 0.1) is 12.8 Å². The minimum atomic E-state index is -0.538. The molecule has 0 unspecified atom stereocenters. The standard InChI is InChI=1S/C12H18N2O2/c1-7(2)11(13)12(16)14-9-5-4-8(3)10(15)6-9/h4-7,11,15H,13H2,1-3H3,(H,14,16)/t11-/m0/s1. The topological polar surface area (TPSA) is 75.4 Å². The normalized spacial score (nSPS) is 12.6. The van der Waals surface area contributed by atoms with Crippen molar-refractivity contribution in [3.05, 3.63) is 23.8 Å². The van der Waals surface area contributed by atoms with Gasteiger partial charge in [0.1, 0.15) is 5.75 Å². The first-order chi connectivity index (χ1) is 7.41. The molecule has 0 heterocycles. The summed E-state index contributed by atoms with van der Waals surface area (Å²) in [4.78, 5) is 11.6. The number of anilines is 1. The molecule has 4 nitrogen and oxygen atoms in total. The number of amides is 1. The van der Waals surface area contributed by atoms with E-state index in [4.69, 9.17) is 5.73 Å². The van der Waals surface area contributed by atoms with Crippen LogP contribution in [0.1, 0.15) is 19.4 Å². The van der Waals surface area contributed by atoms with Crippen LogP contribution in [0.3, 0.4) is 0 Å². The number of carbonyl (C=O) groups is 1. The first kappa shape index (κ1) is 12.5. The Balaban J connectivity index is 2.74. The van der Waals surface area contributed by atoms with Crippen molar-refractivity contribution in [3.8, 4) is 5.75 Å². The second-order valence-corrected chi connectivity index (χ2v) is 4.26. The molecule has 1 rings (SSSR count). The lowest BCUT2D eigenvalue weighted by molar-refractivity contribution is -0.118. The maximum atomic E-state index is 11.6. The smallest absolute Gasteiger partial charge is 0.241 e. The minimum absolute atomic E-state index is 0.0824. The van der Waals surface area contributed by atoms with Crippen molar-refractivity contribution in [3.63, 3.8) is 0 Å². The fraction of sp³-hybridized carbons (Fsp3) is 0.417. The number of rotatable bonds is 3. The van der Waals surface area contributed by atoms with Crippen LogP contribution in [0.2, 0.25) is 0 Å². The fourth-order valence-corrected chi connectivity index (χ4v) is 1.22. The van der Waals surface area contributed by atoms with Crippen molar-refractivity contribution >= 4 is 11.6 Å². The fourth-order valence-electron chi connectivity index (χ4n) is 1.22. The molecule has 0 aliphatic rings. The van der Waals surface area contributed by atoms with Crippen LogP contribution in [0.5, 0.6) is 5.75 Å². The third kappa shape index (κ3) is 2.97. The highest BCUT2D eigenvalue weighted by atomic mass is 16.3. The van der Waals surface area contributed by atoms with Gasteiger partial charge in [-0.1, -0.05) is 19.9 Å². The number of aromatic hydroxyl groups is 1. The molecule has 16 heavy (non-hydrogen) atoms. The van der Waals surface area contributed by atoms with Gasteiger partial charge in [-0.25, -0.2) is 0 Å². The van der Waals surface area contributed by atoms with E-state index in [2.05, 4.69) is 5.32 Å². The summed E-state index contributed by atoms with van der Waals surface area (Å²) in [7, 11) is 0. The van der Waals surface area contributed by atoms with E-state index in [1.54, 1.807) is 19.1 Å². The summed E-state index contributed by atoms with van der Waals surface area (Å²) < 4.78 is 0. The SMILES string of the molecule is Cc1ccc(NC(=O)[C@@H](N)C(C)C)cc1O. The number of hydrogen-bond donors (Lipinski definition) is 3. The van der Waals surface area contributed by atoms with Gasteiger partial charge in [0.05, 0.1) is 6.04 Å². The quantitative estimate of drug-likeness (QED) is 0.727. The van der Waals surface area contributed by atoms with Gasteiger partial charge in [0.15, 0.2) is 0 Å². The largest absolute Gasteiger partial charge is 0.508 e. The molecule has 0 saturated carbocycles. The van der Waals surface area contributed by atoms with E-state index < -0.39 is 6.04 Å². The van der Waals surface area contributed by atoms with E-state index in [1.807, 2.05) is 13.8 Å². The number of aryl methyl sites for hydroxylation is 1. The highest BCUT2D eigenvalue weighted by molar-refractivity contribution is 5.95. The lowest BCUT2D eigenvalue weighted by Crippen LogP contribution is -2.39. The maximum Gasteiger partial charge on any atom is 0.241 e. The van der Waals surface area contributed by atoms with E-state index in [0.29, 0.717) is 5.69 Å². The average molecular weight is 222 g/mol. The van der Waals surface area contributed by atoms with Gasteiger partial charge in [0.2, 0.25) is 5.91 Å². The lowest BCUT2D eigenvalue weighted by Gasteiger charge is -2.15. The molecule has 1 aromatic carbocycles. The summed E-state index contributed by atoms with van der Waals surface area (Å²) in [6.45, 7) is 5.56. The van der Waals surface area contributed by atoms with Crippen molar-refractivity contribution < 1.29 is 9.90 Å². The Morgan fingerprint density at radius 2 is 2.06 bits per heavy atom. The van der Waals surface area contributed by atoms with Gasteiger partial charge in [-0.2, -0.15) is 0 Å². The van der Waals surface area contributed by atoms with Crippen molar-refractivity contribution in [2.24, 2.45) is 11.7 Å². The molecule has 1 amide bonds. The van der Waals surface area contributed by atoms with E-state index >= 15 is 0 Å². The molecule has 0 aliphatic heterocycles. The van der Waals surface area contributed by atoms with E-state index in [-0.39, 0.29) is 17.6 Å². The third-order valence-electron chi connectivity index (χ3n) is 2.50. The van der Waals surface area contributed by atoms with Gasteiger partial charge < -0.3 is 16.2 Å². The number of hydrogen-bond acceptors (Lipinski definition) is 3. The van der Waals surface area contributed by atoms with Gasteiger partial charge in [-0.15, -0.1) is 0 Å². The maximum absolute atomic E-state index is 11.6. The summed E-state index contributed by atoms with van der Waals surface area (Å²) in [6, 6.07) is 4.45. The molecule has 1 atom stereocenters. The number of phenolic OH excluding ortho intramolecular Hbond substituents is 1. The molecule has 0 aliphatic carbocycles. The molecular weight excluding hydrogens is 204 g/mol. The van der Waals surface area contributed by atoms with E-state index in [1.165, 1.54) is 6.07 Å². The number of nitrogens with two attached hydrogens (primary N) is 1. The predicted octanol–water partition coefficient (Wildman–Crippen LogP) is 1.62. The minimum Gasteiger partial charge on any atom is -0.508 e. The molecule has 0 radical (unpaired) electrons. The Morgan fingerprint density at radius 1 is 1.44 bits per heavy atom. The number of benzene rings is 1. The van der Waals surface area contributed by atoms with Crippen LogP contribution in [0.25, 0.3) is 0 Å².